The van der Waals surface area contributed by atoms with Gasteiger partial charge in [-0.25, -0.2) is 9.97 Å². The Bertz CT molecular complexity index is 491. The van der Waals surface area contributed by atoms with Crippen LogP contribution >= 0.6 is 12.6 Å². The smallest absolute Gasteiger partial charge is 0.115 e. The van der Waals surface area contributed by atoms with Crippen LogP contribution in [-0.4, -0.2) is 15.7 Å². The molecule has 0 aliphatic rings. The molecule has 0 aliphatic heterocycles. The molecule has 16 heavy (non-hydrogen) atoms. The van der Waals surface area contributed by atoms with Crippen molar-refractivity contribution in [2.45, 2.75) is 11.8 Å². The molecular formula is C12H11N3S. The van der Waals surface area contributed by atoms with E-state index in [1.54, 1.807) is 12.4 Å². The Labute approximate surface area is 99.7 Å². The quantitative estimate of drug-likeness (QED) is 0.635. The Morgan fingerprint density at radius 2 is 1.75 bits per heavy atom. The lowest BCUT2D eigenvalue weighted by atomic mass is 10.2. The van der Waals surface area contributed by atoms with Gasteiger partial charge in [0.15, 0.2) is 0 Å². The third-order valence-corrected chi connectivity index (χ3v) is 2.42. The summed E-state index contributed by atoms with van der Waals surface area (Å²) >= 11 is 4.22. The zero-order valence-electron chi connectivity index (χ0n) is 8.83. The van der Waals surface area contributed by atoms with Crippen molar-refractivity contribution < 1.29 is 0 Å². The Hall–Kier alpha value is -1.68. The molecule has 0 atom stereocenters. The van der Waals surface area contributed by atoms with Crippen molar-refractivity contribution >= 4 is 24.0 Å². The predicted octanol–water partition coefficient (Wildman–Crippen LogP) is 2.91. The molecule has 2 rings (SSSR count). The molecule has 0 amide bonds. The number of hydrogen-bond acceptors (Lipinski definition) is 4. The van der Waals surface area contributed by atoms with Gasteiger partial charge in [0.1, 0.15) is 6.33 Å². The number of hydrogen-bond donors (Lipinski definition) is 1. The highest BCUT2D eigenvalue weighted by molar-refractivity contribution is 7.80. The molecule has 1 aromatic heterocycles. The van der Waals surface area contributed by atoms with Crippen molar-refractivity contribution in [1.29, 1.82) is 0 Å². The van der Waals surface area contributed by atoms with Gasteiger partial charge in [0, 0.05) is 28.6 Å². The van der Waals surface area contributed by atoms with Gasteiger partial charge in [-0.15, -0.1) is 12.6 Å². The number of nitrogens with zero attached hydrogens (tertiary/aromatic N) is 3. The molecule has 0 spiro atoms. The lowest BCUT2D eigenvalue weighted by molar-refractivity contribution is 1.16. The van der Waals surface area contributed by atoms with E-state index in [0.717, 1.165) is 21.9 Å². The normalized spacial score (nSPS) is 11.5. The molecule has 1 aromatic carbocycles. The molecule has 0 N–H and O–H groups in total. The van der Waals surface area contributed by atoms with Crippen LogP contribution in [0.3, 0.4) is 0 Å². The van der Waals surface area contributed by atoms with Gasteiger partial charge in [-0.05, 0) is 31.2 Å². The minimum Gasteiger partial charge on any atom is -0.253 e. The van der Waals surface area contributed by atoms with Gasteiger partial charge >= 0.3 is 0 Å². The number of rotatable bonds is 2. The second-order valence-electron chi connectivity index (χ2n) is 3.34. The third-order valence-electron chi connectivity index (χ3n) is 2.12. The highest BCUT2D eigenvalue weighted by atomic mass is 32.1. The van der Waals surface area contributed by atoms with Gasteiger partial charge in [0.25, 0.3) is 0 Å². The van der Waals surface area contributed by atoms with Crippen LogP contribution < -0.4 is 0 Å². The number of thiol groups is 1. The van der Waals surface area contributed by atoms with Crippen LogP contribution in [0.15, 0.2) is 52.9 Å². The summed E-state index contributed by atoms with van der Waals surface area (Å²) in [5, 5.41) is 0. The minimum absolute atomic E-state index is 0.896. The Kier molecular flexibility index (Phi) is 3.31. The second-order valence-corrected chi connectivity index (χ2v) is 3.86. The van der Waals surface area contributed by atoms with Gasteiger partial charge in [-0.2, -0.15) is 0 Å². The topological polar surface area (TPSA) is 38.1 Å². The summed E-state index contributed by atoms with van der Waals surface area (Å²) in [4.78, 5) is 13.3. The Morgan fingerprint density at radius 3 is 2.38 bits per heavy atom. The van der Waals surface area contributed by atoms with Crippen LogP contribution in [0, 0.1) is 0 Å². The van der Waals surface area contributed by atoms with Crippen LogP contribution in [0.25, 0.3) is 0 Å². The second kappa shape index (κ2) is 4.90. The number of aliphatic imine (C=N–C) groups is 1. The Balaban J connectivity index is 2.28. The molecule has 1 heterocycles. The van der Waals surface area contributed by atoms with E-state index in [-0.39, 0.29) is 0 Å². The summed E-state index contributed by atoms with van der Waals surface area (Å²) < 4.78 is 0. The summed E-state index contributed by atoms with van der Waals surface area (Å²) in [6, 6.07) is 7.68. The number of aromatic nitrogens is 2. The van der Waals surface area contributed by atoms with E-state index in [0.29, 0.717) is 0 Å². The summed E-state index contributed by atoms with van der Waals surface area (Å²) in [6.07, 6.45) is 5.00. The van der Waals surface area contributed by atoms with E-state index in [9.17, 15) is 0 Å². The van der Waals surface area contributed by atoms with Crippen molar-refractivity contribution in [3.63, 3.8) is 0 Å². The molecule has 2 aromatic rings. The molecule has 3 nitrogen and oxygen atoms in total. The first-order valence-electron chi connectivity index (χ1n) is 4.85. The first-order valence-corrected chi connectivity index (χ1v) is 5.30. The molecule has 0 saturated heterocycles. The van der Waals surface area contributed by atoms with Crippen molar-refractivity contribution in [2.75, 3.05) is 0 Å². The van der Waals surface area contributed by atoms with Gasteiger partial charge in [0.05, 0.1) is 5.69 Å². The van der Waals surface area contributed by atoms with Gasteiger partial charge in [-0.1, -0.05) is 0 Å². The first-order chi connectivity index (χ1) is 7.75. The third kappa shape index (κ3) is 2.67. The Morgan fingerprint density at radius 1 is 1.12 bits per heavy atom. The SMILES string of the molecule is CC(=Nc1ccc(S)cc1)c1cncnc1. The maximum Gasteiger partial charge on any atom is 0.115 e. The molecular weight excluding hydrogens is 218 g/mol. The van der Waals surface area contributed by atoms with Crippen LogP contribution in [0.1, 0.15) is 12.5 Å². The van der Waals surface area contributed by atoms with Crippen molar-refractivity contribution in [1.82, 2.24) is 9.97 Å². The summed E-state index contributed by atoms with van der Waals surface area (Å²) in [7, 11) is 0. The molecule has 4 heteroatoms. The minimum atomic E-state index is 0.896. The fourth-order valence-electron chi connectivity index (χ4n) is 1.27. The average Bonchev–Trinajstić information content (AvgIpc) is 2.33. The molecule has 0 saturated carbocycles. The van der Waals surface area contributed by atoms with Crippen molar-refractivity contribution in [3.05, 3.63) is 48.5 Å². The van der Waals surface area contributed by atoms with E-state index in [1.807, 2.05) is 31.2 Å². The largest absolute Gasteiger partial charge is 0.253 e. The molecule has 0 fully saturated rings. The molecule has 0 unspecified atom stereocenters. The monoisotopic (exact) mass is 229 g/mol. The maximum atomic E-state index is 4.47. The zero-order valence-corrected chi connectivity index (χ0v) is 9.72. The fourth-order valence-corrected chi connectivity index (χ4v) is 1.42. The van der Waals surface area contributed by atoms with E-state index in [4.69, 9.17) is 0 Å². The van der Waals surface area contributed by atoms with Gasteiger partial charge in [0.2, 0.25) is 0 Å². The lowest BCUT2D eigenvalue weighted by Gasteiger charge is -2.00. The zero-order chi connectivity index (χ0) is 11.4. The van der Waals surface area contributed by atoms with Crippen molar-refractivity contribution in [2.24, 2.45) is 4.99 Å². The molecule has 80 valence electrons. The van der Waals surface area contributed by atoms with E-state index in [1.165, 1.54) is 6.33 Å². The van der Waals surface area contributed by atoms with E-state index < -0.39 is 0 Å². The van der Waals surface area contributed by atoms with Gasteiger partial charge in [-0.3, -0.25) is 4.99 Å². The van der Waals surface area contributed by atoms with E-state index >= 15 is 0 Å². The molecule has 0 radical (unpaired) electrons. The highest BCUT2D eigenvalue weighted by Crippen LogP contribution is 2.16. The first kappa shape index (κ1) is 10.8. The lowest BCUT2D eigenvalue weighted by Crippen LogP contribution is -1.95. The van der Waals surface area contributed by atoms with Crippen LogP contribution in [0.5, 0.6) is 0 Å². The summed E-state index contributed by atoms with van der Waals surface area (Å²) in [5.41, 5.74) is 2.73. The molecule has 0 aliphatic carbocycles. The van der Waals surface area contributed by atoms with Crippen LogP contribution in [-0.2, 0) is 0 Å². The fraction of sp³-hybridized carbons (Fsp3) is 0.0833. The maximum absolute atomic E-state index is 4.47. The molecule has 0 bridgehead atoms. The number of benzene rings is 1. The van der Waals surface area contributed by atoms with E-state index in [2.05, 4.69) is 27.6 Å². The standard InChI is InChI=1S/C12H11N3S/c1-9(10-6-13-8-14-7-10)15-11-2-4-12(16)5-3-11/h2-8,16H,1H3. The van der Waals surface area contributed by atoms with Crippen molar-refractivity contribution in [3.8, 4) is 0 Å². The van der Waals surface area contributed by atoms with Crippen LogP contribution in [0.2, 0.25) is 0 Å². The average molecular weight is 229 g/mol. The van der Waals surface area contributed by atoms with Gasteiger partial charge < -0.3 is 0 Å². The summed E-state index contributed by atoms with van der Waals surface area (Å²) in [5.74, 6) is 0. The predicted molar refractivity (Wildman–Crippen MR) is 67.6 cm³/mol. The highest BCUT2D eigenvalue weighted by Gasteiger charge is 1.97. The summed E-state index contributed by atoms with van der Waals surface area (Å²) in [6.45, 7) is 1.94. The van der Waals surface area contributed by atoms with Crippen LogP contribution in [0.4, 0.5) is 5.69 Å².